The van der Waals surface area contributed by atoms with Crippen LogP contribution >= 0.6 is 0 Å². The van der Waals surface area contributed by atoms with Crippen molar-refractivity contribution in [1.29, 1.82) is 0 Å². The van der Waals surface area contributed by atoms with E-state index in [2.05, 4.69) is 26.2 Å². The first-order valence-corrected chi connectivity index (χ1v) is 7.95. The molecule has 2 aliphatic rings. The van der Waals surface area contributed by atoms with Gasteiger partial charge in [-0.25, -0.2) is 4.98 Å². The van der Waals surface area contributed by atoms with Crippen LogP contribution in [0.25, 0.3) is 0 Å². The van der Waals surface area contributed by atoms with Crippen LogP contribution < -0.4 is 5.32 Å². The summed E-state index contributed by atoms with van der Waals surface area (Å²) in [5.41, 5.74) is 1.31. The molecular formula is C16H26N4. The maximum atomic E-state index is 4.39. The highest BCUT2D eigenvalue weighted by Gasteiger charge is 2.26. The maximum Gasteiger partial charge on any atom is 0.130 e. The number of piperazine rings is 1. The van der Waals surface area contributed by atoms with Gasteiger partial charge in [0.2, 0.25) is 0 Å². The average molecular weight is 274 g/mol. The van der Waals surface area contributed by atoms with Crippen molar-refractivity contribution in [1.82, 2.24) is 14.8 Å². The Bertz CT molecular complexity index is 420. The van der Waals surface area contributed by atoms with Crippen molar-refractivity contribution in [3.8, 4) is 0 Å². The number of rotatable bonds is 4. The second-order valence-corrected chi connectivity index (χ2v) is 6.01. The van der Waals surface area contributed by atoms with Crippen molar-refractivity contribution in [2.24, 2.45) is 0 Å². The van der Waals surface area contributed by atoms with Crippen LogP contribution in [0.5, 0.6) is 0 Å². The van der Waals surface area contributed by atoms with Gasteiger partial charge < -0.3 is 5.32 Å². The Labute approximate surface area is 122 Å². The molecule has 0 unspecified atom stereocenters. The summed E-state index contributed by atoms with van der Waals surface area (Å²) in [5.74, 6) is 1.02. The number of anilines is 1. The standard InChI is InChI=1S/C16H26N4/c1-17-16-14(5-4-8-18-16)13-19-9-11-20(12-10-19)15-6-2-3-7-15/h4-5,8,15H,2-3,6-7,9-13H2,1H3,(H,17,18). The third-order valence-electron chi connectivity index (χ3n) is 4.77. The van der Waals surface area contributed by atoms with E-state index in [1.165, 1.54) is 57.4 Å². The van der Waals surface area contributed by atoms with E-state index in [0.29, 0.717) is 0 Å². The highest BCUT2D eigenvalue weighted by molar-refractivity contribution is 5.42. The van der Waals surface area contributed by atoms with Crippen LogP contribution in [0.4, 0.5) is 5.82 Å². The van der Waals surface area contributed by atoms with E-state index in [0.717, 1.165) is 18.4 Å². The smallest absolute Gasteiger partial charge is 0.130 e. The van der Waals surface area contributed by atoms with E-state index in [-0.39, 0.29) is 0 Å². The number of pyridine rings is 1. The molecule has 2 fully saturated rings. The Morgan fingerprint density at radius 2 is 1.95 bits per heavy atom. The van der Waals surface area contributed by atoms with Gasteiger partial charge in [-0.15, -0.1) is 0 Å². The monoisotopic (exact) mass is 274 g/mol. The third kappa shape index (κ3) is 3.13. The second-order valence-electron chi connectivity index (χ2n) is 6.01. The van der Waals surface area contributed by atoms with Gasteiger partial charge in [0.05, 0.1) is 0 Å². The van der Waals surface area contributed by atoms with Crippen LogP contribution in [0, 0.1) is 0 Å². The van der Waals surface area contributed by atoms with E-state index in [1.54, 1.807) is 0 Å². The molecule has 0 atom stereocenters. The zero-order valence-electron chi connectivity index (χ0n) is 12.5. The van der Waals surface area contributed by atoms with Crippen LogP contribution in [0.15, 0.2) is 18.3 Å². The topological polar surface area (TPSA) is 31.4 Å². The van der Waals surface area contributed by atoms with Gasteiger partial charge >= 0.3 is 0 Å². The summed E-state index contributed by atoms with van der Waals surface area (Å²) in [5, 5.41) is 3.19. The lowest BCUT2D eigenvalue weighted by molar-refractivity contribution is 0.0938. The number of aromatic nitrogens is 1. The predicted molar refractivity (Wildman–Crippen MR) is 82.9 cm³/mol. The Morgan fingerprint density at radius 1 is 1.20 bits per heavy atom. The van der Waals surface area contributed by atoms with E-state index in [9.17, 15) is 0 Å². The van der Waals surface area contributed by atoms with Gasteiger partial charge in [0.25, 0.3) is 0 Å². The molecule has 1 N–H and O–H groups in total. The van der Waals surface area contributed by atoms with E-state index < -0.39 is 0 Å². The molecular weight excluding hydrogens is 248 g/mol. The minimum Gasteiger partial charge on any atom is -0.373 e. The minimum absolute atomic E-state index is 0.878. The molecule has 0 spiro atoms. The molecule has 1 aliphatic carbocycles. The van der Waals surface area contributed by atoms with E-state index >= 15 is 0 Å². The highest BCUT2D eigenvalue weighted by atomic mass is 15.3. The number of nitrogens with one attached hydrogen (secondary N) is 1. The SMILES string of the molecule is CNc1ncccc1CN1CCN(C2CCCC2)CC1. The molecule has 1 aromatic heterocycles. The van der Waals surface area contributed by atoms with E-state index in [1.807, 2.05) is 19.3 Å². The molecule has 0 amide bonds. The molecule has 4 heteroatoms. The second kappa shape index (κ2) is 6.55. The van der Waals surface area contributed by atoms with Crippen molar-refractivity contribution in [3.05, 3.63) is 23.9 Å². The number of hydrogen-bond acceptors (Lipinski definition) is 4. The lowest BCUT2D eigenvalue weighted by Crippen LogP contribution is -2.49. The zero-order chi connectivity index (χ0) is 13.8. The van der Waals surface area contributed by atoms with Crippen LogP contribution in [0.2, 0.25) is 0 Å². The van der Waals surface area contributed by atoms with Crippen LogP contribution in [0.3, 0.4) is 0 Å². The normalized spacial score (nSPS) is 22.2. The molecule has 1 aromatic rings. The quantitative estimate of drug-likeness (QED) is 0.912. The Hall–Kier alpha value is -1.13. The van der Waals surface area contributed by atoms with Gasteiger partial charge in [0.1, 0.15) is 5.82 Å². The molecule has 4 nitrogen and oxygen atoms in total. The Morgan fingerprint density at radius 3 is 2.65 bits per heavy atom. The Balaban J connectivity index is 1.53. The van der Waals surface area contributed by atoms with Crippen molar-refractivity contribution in [2.45, 2.75) is 38.3 Å². The molecule has 1 saturated carbocycles. The summed E-state index contributed by atoms with van der Waals surface area (Å²) in [7, 11) is 1.95. The molecule has 110 valence electrons. The fourth-order valence-corrected chi connectivity index (χ4v) is 3.59. The lowest BCUT2D eigenvalue weighted by atomic mass is 10.1. The summed E-state index contributed by atoms with van der Waals surface area (Å²) < 4.78 is 0. The predicted octanol–water partition coefficient (Wildman–Crippen LogP) is 2.18. The molecule has 0 radical (unpaired) electrons. The maximum absolute atomic E-state index is 4.39. The number of nitrogens with zero attached hydrogens (tertiary/aromatic N) is 3. The van der Waals surface area contributed by atoms with Gasteiger partial charge in [-0.3, -0.25) is 9.80 Å². The van der Waals surface area contributed by atoms with Gasteiger partial charge in [-0.2, -0.15) is 0 Å². The third-order valence-corrected chi connectivity index (χ3v) is 4.77. The molecule has 0 aromatic carbocycles. The molecule has 0 bridgehead atoms. The summed E-state index contributed by atoms with van der Waals surface area (Å²) in [6.07, 6.45) is 7.57. The van der Waals surface area contributed by atoms with Gasteiger partial charge in [0.15, 0.2) is 0 Å². The molecule has 1 saturated heterocycles. The van der Waals surface area contributed by atoms with Crippen LogP contribution in [-0.4, -0.2) is 54.1 Å². The molecule has 2 heterocycles. The van der Waals surface area contributed by atoms with Crippen molar-refractivity contribution in [3.63, 3.8) is 0 Å². The van der Waals surface area contributed by atoms with Crippen LogP contribution in [-0.2, 0) is 6.54 Å². The van der Waals surface area contributed by atoms with Crippen molar-refractivity contribution in [2.75, 3.05) is 38.5 Å². The molecule has 1 aliphatic heterocycles. The van der Waals surface area contributed by atoms with Crippen LogP contribution in [0.1, 0.15) is 31.2 Å². The van der Waals surface area contributed by atoms with Gasteiger partial charge in [0, 0.05) is 57.6 Å². The lowest BCUT2D eigenvalue weighted by Gasteiger charge is -2.38. The first-order chi connectivity index (χ1) is 9.86. The fourth-order valence-electron chi connectivity index (χ4n) is 3.59. The summed E-state index contributed by atoms with van der Waals surface area (Å²) in [4.78, 5) is 9.67. The summed E-state index contributed by atoms with van der Waals surface area (Å²) >= 11 is 0. The Kier molecular flexibility index (Phi) is 4.53. The fraction of sp³-hybridized carbons (Fsp3) is 0.688. The van der Waals surface area contributed by atoms with Gasteiger partial charge in [-0.1, -0.05) is 18.9 Å². The zero-order valence-corrected chi connectivity index (χ0v) is 12.5. The first kappa shape index (κ1) is 13.8. The largest absolute Gasteiger partial charge is 0.373 e. The number of hydrogen-bond donors (Lipinski definition) is 1. The summed E-state index contributed by atoms with van der Waals surface area (Å²) in [6, 6.07) is 5.09. The molecule has 3 rings (SSSR count). The average Bonchev–Trinajstić information content (AvgIpc) is 3.03. The summed E-state index contributed by atoms with van der Waals surface area (Å²) in [6.45, 7) is 5.87. The van der Waals surface area contributed by atoms with Crippen molar-refractivity contribution >= 4 is 5.82 Å². The van der Waals surface area contributed by atoms with Gasteiger partial charge in [-0.05, 0) is 18.9 Å². The minimum atomic E-state index is 0.878. The van der Waals surface area contributed by atoms with E-state index in [4.69, 9.17) is 0 Å². The van der Waals surface area contributed by atoms with Crippen molar-refractivity contribution < 1.29 is 0 Å². The highest BCUT2D eigenvalue weighted by Crippen LogP contribution is 2.24. The molecule has 20 heavy (non-hydrogen) atoms. The first-order valence-electron chi connectivity index (χ1n) is 7.95.